The number of morpholine rings is 1. The molecule has 0 amide bonds. The molecule has 1 aliphatic rings. The Morgan fingerprint density at radius 2 is 2.67 bits per heavy atom. The van der Waals surface area contributed by atoms with E-state index in [0.29, 0.717) is 6.10 Å². The fourth-order valence-corrected chi connectivity index (χ4v) is 2.24. The second-order valence-corrected chi connectivity index (χ2v) is 4.50. The van der Waals surface area contributed by atoms with Crippen molar-refractivity contribution in [3.8, 4) is 0 Å². The average molecular weight is 227 g/mol. The summed E-state index contributed by atoms with van der Waals surface area (Å²) in [5.41, 5.74) is 0. The van der Waals surface area contributed by atoms with E-state index < -0.39 is 0 Å². The minimum Gasteiger partial charge on any atom is -0.374 e. The Kier molecular flexibility index (Phi) is 3.94. The van der Waals surface area contributed by atoms with E-state index in [-0.39, 0.29) is 0 Å². The lowest BCUT2D eigenvalue weighted by Gasteiger charge is -2.32. The van der Waals surface area contributed by atoms with Crippen molar-refractivity contribution in [1.82, 2.24) is 9.88 Å². The van der Waals surface area contributed by atoms with Crippen LogP contribution in [0.1, 0.15) is 6.92 Å². The van der Waals surface area contributed by atoms with Crippen LogP contribution < -0.4 is 5.32 Å². The number of hydrogen-bond donors (Lipinski definition) is 1. The van der Waals surface area contributed by atoms with E-state index in [4.69, 9.17) is 4.74 Å². The summed E-state index contributed by atoms with van der Waals surface area (Å²) in [6, 6.07) is 0. The van der Waals surface area contributed by atoms with Crippen molar-refractivity contribution in [3.63, 3.8) is 0 Å². The van der Waals surface area contributed by atoms with Crippen LogP contribution in [0.4, 0.5) is 5.13 Å². The second kappa shape index (κ2) is 5.44. The smallest absolute Gasteiger partial charge is 0.182 e. The number of rotatable bonds is 4. The quantitative estimate of drug-likeness (QED) is 0.840. The van der Waals surface area contributed by atoms with E-state index in [2.05, 4.69) is 22.1 Å². The average Bonchev–Trinajstić information content (AvgIpc) is 2.79. The van der Waals surface area contributed by atoms with Gasteiger partial charge in [-0.1, -0.05) is 6.92 Å². The molecular weight excluding hydrogens is 210 g/mol. The van der Waals surface area contributed by atoms with Gasteiger partial charge in [0.2, 0.25) is 0 Å². The summed E-state index contributed by atoms with van der Waals surface area (Å²) in [7, 11) is 0. The van der Waals surface area contributed by atoms with E-state index >= 15 is 0 Å². The van der Waals surface area contributed by atoms with Crippen LogP contribution in [0.25, 0.3) is 0 Å². The number of ether oxygens (including phenoxy) is 1. The predicted molar refractivity (Wildman–Crippen MR) is 62.5 cm³/mol. The van der Waals surface area contributed by atoms with E-state index in [1.807, 2.05) is 11.6 Å². The minimum atomic E-state index is 0.294. The molecule has 0 bridgehead atoms. The second-order valence-electron chi connectivity index (χ2n) is 3.60. The first-order chi connectivity index (χ1) is 7.38. The molecule has 2 rings (SSSR count). The van der Waals surface area contributed by atoms with Gasteiger partial charge in [0.05, 0.1) is 12.7 Å². The van der Waals surface area contributed by atoms with Crippen molar-refractivity contribution in [2.24, 2.45) is 0 Å². The summed E-state index contributed by atoms with van der Waals surface area (Å²) >= 11 is 1.63. The molecule has 1 atom stereocenters. The SMILES string of the molecule is CCN1CCOC(CNc2nccs2)C1. The zero-order valence-corrected chi connectivity index (χ0v) is 9.80. The summed E-state index contributed by atoms with van der Waals surface area (Å²) in [5, 5.41) is 6.25. The van der Waals surface area contributed by atoms with Crippen LogP contribution in [0.3, 0.4) is 0 Å². The maximum absolute atomic E-state index is 5.68. The molecule has 1 aliphatic heterocycles. The lowest BCUT2D eigenvalue weighted by molar-refractivity contribution is -0.0191. The number of aromatic nitrogens is 1. The Bertz CT molecular complexity index is 278. The van der Waals surface area contributed by atoms with Crippen LogP contribution in [-0.4, -0.2) is 48.8 Å². The van der Waals surface area contributed by atoms with Gasteiger partial charge >= 0.3 is 0 Å². The molecule has 1 aromatic rings. The molecule has 0 aliphatic carbocycles. The van der Waals surface area contributed by atoms with Gasteiger partial charge < -0.3 is 10.1 Å². The number of nitrogens with one attached hydrogen (secondary N) is 1. The van der Waals surface area contributed by atoms with Crippen molar-refractivity contribution in [2.45, 2.75) is 13.0 Å². The zero-order valence-electron chi connectivity index (χ0n) is 8.98. The van der Waals surface area contributed by atoms with E-state index in [9.17, 15) is 0 Å². The summed E-state index contributed by atoms with van der Waals surface area (Å²) in [5.74, 6) is 0. The Morgan fingerprint density at radius 3 is 3.40 bits per heavy atom. The van der Waals surface area contributed by atoms with E-state index in [1.165, 1.54) is 0 Å². The molecule has 5 heteroatoms. The lowest BCUT2D eigenvalue weighted by atomic mass is 10.2. The summed E-state index contributed by atoms with van der Waals surface area (Å²) in [6.45, 7) is 7.08. The van der Waals surface area contributed by atoms with Crippen LogP contribution in [0.15, 0.2) is 11.6 Å². The van der Waals surface area contributed by atoms with Gasteiger partial charge in [0.25, 0.3) is 0 Å². The molecule has 1 unspecified atom stereocenters. The molecule has 0 spiro atoms. The highest BCUT2D eigenvalue weighted by atomic mass is 32.1. The third-order valence-corrected chi connectivity index (χ3v) is 3.31. The van der Waals surface area contributed by atoms with Gasteiger partial charge in [0.15, 0.2) is 5.13 Å². The van der Waals surface area contributed by atoms with Gasteiger partial charge in [-0.2, -0.15) is 0 Å². The normalized spacial score (nSPS) is 22.9. The molecule has 2 heterocycles. The number of nitrogens with zero attached hydrogens (tertiary/aromatic N) is 2. The van der Waals surface area contributed by atoms with Gasteiger partial charge in [-0.3, -0.25) is 4.90 Å². The Morgan fingerprint density at radius 1 is 1.73 bits per heavy atom. The Hall–Kier alpha value is -0.650. The number of hydrogen-bond acceptors (Lipinski definition) is 5. The molecule has 0 radical (unpaired) electrons. The topological polar surface area (TPSA) is 37.4 Å². The molecule has 1 saturated heterocycles. The largest absolute Gasteiger partial charge is 0.374 e. The van der Waals surface area contributed by atoms with Crippen LogP contribution in [0.5, 0.6) is 0 Å². The highest BCUT2D eigenvalue weighted by Gasteiger charge is 2.18. The summed E-state index contributed by atoms with van der Waals surface area (Å²) < 4.78 is 5.68. The minimum absolute atomic E-state index is 0.294. The molecule has 0 saturated carbocycles. The molecule has 4 nitrogen and oxygen atoms in total. The molecule has 1 aromatic heterocycles. The Labute approximate surface area is 94.3 Å². The monoisotopic (exact) mass is 227 g/mol. The van der Waals surface area contributed by atoms with Crippen LogP contribution in [-0.2, 0) is 4.74 Å². The first-order valence-corrected chi connectivity index (χ1v) is 6.23. The number of thiazole rings is 1. The van der Waals surface area contributed by atoms with Crippen molar-refractivity contribution >= 4 is 16.5 Å². The highest BCUT2D eigenvalue weighted by Crippen LogP contribution is 2.11. The van der Waals surface area contributed by atoms with Crippen molar-refractivity contribution in [3.05, 3.63) is 11.6 Å². The van der Waals surface area contributed by atoms with E-state index in [1.54, 1.807) is 11.3 Å². The zero-order chi connectivity index (χ0) is 10.5. The highest BCUT2D eigenvalue weighted by molar-refractivity contribution is 7.13. The molecule has 1 N–H and O–H groups in total. The fraction of sp³-hybridized carbons (Fsp3) is 0.700. The summed E-state index contributed by atoms with van der Waals surface area (Å²) in [4.78, 5) is 6.59. The molecule has 84 valence electrons. The van der Waals surface area contributed by atoms with Crippen LogP contribution in [0, 0.1) is 0 Å². The van der Waals surface area contributed by atoms with Crippen LogP contribution >= 0.6 is 11.3 Å². The van der Waals surface area contributed by atoms with Crippen molar-refractivity contribution in [2.75, 3.05) is 38.1 Å². The third-order valence-electron chi connectivity index (χ3n) is 2.58. The standard InChI is InChI=1S/C10H17N3OS/c1-2-13-4-5-14-9(8-13)7-12-10-11-3-6-15-10/h3,6,9H,2,4-5,7-8H2,1H3,(H,11,12). The molecule has 15 heavy (non-hydrogen) atoms. The predicted octanol–water partition coefficient (Wildman–Crippen LogP) is 1.28. The fourth-order valence-electron chi connectivity index (χ4n) is 1.70. The molecule has 1 fully saturated rings. The van der Waals surface area contributed by atoms with E-state index in [0.717, 1.165) is 37.9 Å². The molecular formula is C10H17N3OS. The van der Waals surface area contributed by atoms with Gasteiger partial charge in [-0.15, -0.1) is 11.3 Å². The van der Waals surface area contributed by atoms with Gasteiger partial charge in [-0.05, 0) is 6.54 Å². The van der Waals surface area contributed by atoms with Gasteiger partial charge in [0.1, 0.15) is 0 Å². The first kappa shape index (κ1) is 10.9. The van der Waals surface area contributed by atoms with Gasteiger partial charge in [-0.25, -0.2) is 4.98 Å². The van der Waals surface area contributed by atoms with Crippen LogP contribution in [0.2, 0.25) is 0 Å². The van der Waals surface area contributed by atoms with Gasteiger partial charge in [0, 0.05) is 31.2 Å². The number of likely N-dealkylation sites (N-methyl/N-ethyl adjacent to an activating group) is 1. The lowest BCUT2D eigenvalue weighted by Crippen LogP contribution is -2.45. The Balaban J connectivity index is 1.74. The maximum atomic E-state index is 5.68. The van der Waals surface area contributed by atoms with Crippen molar-refractivity contribution in [1.29, 1.82) is 0 Å². The molecule has 0 aromatic carbocycles. The number of anilines is 1. The van der Waals surface area contributed by atoms with Crippen molar-refractivity contribution < 1.29 is 4.74 Å². The summed E-state index contributed by atoms with van der Waals surface area (Å²) in [6.07, 6.45) is 2.11. The maximum Gasteiger partial charge on any atom is 0.182 e. The first-order valence-electron chi connectivity index (χ1n) is 5.36. The third kappa shape index (κ3) is 3.15.